The van der Waals surface area contributed by atoms with Gasteiger partial charge in [-0.3, -0.25) is 9.59 Å². The summed E-state index contributed by atoms with van der Waals surface area (Å²) in [6, 6.07) is 7.28. The van der Waals surface area contributed by atoms with Crippen molar-refractivity contribution >= 4 is 33.1 Å². The lowest BCUT2D eigenvalue weighted by Gasteiger charge is -2.12. The fraction of sp³-hybridized carbons (Fsp3) is 0.263. The van der Waals surface area contributed by atoms with Crippen LogP contribution in [-0.2, 0) is 12.8 Å². The molecule has 3 aromatic rings. The van der Waals surface area contributed by atoms with Gasteiger partial charge in [0.1, 0.15) is 16.1 Å². The molecule has 5 nitrogen and oxygen atoms in total. The summed E-state index contributed by atoms with van der Waals surface area (Å²) in [5.74, 6) is -0.803. The van der Waals surface area contributed by atoms with Crippen LogP contribution in [0.15, 0.2) is 29.1 Å². The summed E-state index contributed by atoms with van der Waals surface area (Å²) in [5.41, 5.74) is 1.95. The van der Waals surface area contributed by atoms with E-state index in [-0.39, 0.29) is 11.3 Å². The van der Waals surface area contributed by atoms with Crippen molar-refractivity contribution in [3.63, 3.8) is 0 Å². The van der Waals surface area contributed by atoms with Crippen LogP contribution in [0.3, 0.4) is 0 Å². The molecular weight excluding hydrogens is 336 g/mol. The highest BCUT2D eigenvalue weighted by atomic mass is 32.1. The number of H-pyrrole nitrogens is 1. The van der Waals surface area contributed by atoms with Gasteiger partial charge >= 0.3 is 0 Å². The number of benzene rings is 1. The Morgan fingerprint density at radius 2 is 1.92 bits per heavy atom. The summed E-state index contributed by atoms with van der Waals surface area (Å²) in [4.78, 5) is 29.6. The summed E-state index contributed by atoms with van der Waals surface area (Å²) in [6.45, 7) is 1.95. The van der Waals surface area contributed by atoms with Crippen molar-refractivity contribution in [3.05, 3.63) is 56.2 Å². The van der Waals surface area contributed by atoms with E-state index in [0.717, 1.165) is 36.8 Å². The fourth-order valence-electron chi connectivity index (χ4n) is 3.34. The van der Waals surface area contributed by atoms with Crippen LogP contribution in [-0.4, -0.2) is 16.0 Å². The van der Waals surface area contributed by atoms with E-state index in [1.54, 1.807) is 12.1 Å². The fourth-order valence-corrected chi connectivity index (χ4v) is 4.63. The average Bonchev–Trinajstić information content (AvgIpc) is 2.95. The number of rotatable bonds is 2. The zero-order valence-corrected chi connectivity index (χ0v) is 14.6. The van der Waals surface area contributed by atoms with Crippen LogP contribution in [0.2, 0.25) is 0 Å². The highest BCUT2D eigenvalue weighted by molar-refractivity contribution is 7.18. The maximum absolute atomic E-state index is 12.6. The molecule has 0 aliphatic heterocycles. The molecule has 1 aliphatic rings. The largest absolute Gasteiger partial charge is 0.506 e. The van der Waals surface area contributed by atoms with Gasteiger partial charge in [0, 0.05) is 10.6 Å². The van der Waals surface area contributed by atoms with Crippen molar-refractivity contribution in [2.45, 2.75) is 32.6 Å². The molecule has 0 radical (unpaired) electrons. The minimum Gasteiger partial charge on any atom is -0.506 e. The van der Waals surface area contributed by atoms with Crippen LogP contribution in [0.4, 0.5) is 5.69 Å². The van der Waals surface area contributed by atoms with Gasteiger partial charge in [-0.2, -0.15) is 0 Å². The number of aryl methyl sites for hydroxylation is 3. The first-order valence-corrected chi connectivity index (χ1v) is 9.14. The van der Waals surface area contributed by atoms with Crippen LogP contribution in [0.1, 0.15) is 39.2 Å². The molecule has 6 heteroatoms. The van der Waals surface area contributed by atoms with Gasteiger partial charge in [0.25, 0.3) is 11.5 Å². The number of amides is 1. The molecule has 0 atom stereocenters. The summed E-state index contributed by atoms with van der Waals surface area (Å²) < 4.78 is 0. The molecule has 2 aromatic heterocycles. The lowest BCUT2D eigenvalue weighted by atomic mass is 9.96. The number of carbonyl (C=O) groups excluding carboxylic acids is 1. The van der Waals surface area contributed by atoms with E-state index in [1.807, 2.05) is 19.1 Å². The molecule has 1 aromatic carbocycles. The Hall–Kier alpha value is -2.60. The zero-order valence-electron chi connectivity index (χ0n) is 13.8. The normalized spacial score (nSPS) is 13.6. The van der Waals surface area contributed by atoms with Crippen molar-refractivity contribution in [3.8, 4) is 5.75 Å². The van der Waals surface area contributed by atoms with Gasteiger partial charge in [-0.25, -0.2) is 0 Å². The van der Waals surface area contributed by atoms with E-state index in [0.29, 0.717) is 15.9 Å². The number of nitrogens with one attached hydrogen (secondary N) is 2. The third-order valence-electron chi connectivity index (χ3n) is 4.64. The summed E-state index contributed by atoms with van der Waals surface area (Å²) in [7, 11) is 0. The SMILES string of the molecule is Cc1ccc(NC(=O)c2c(O)c3c4c(sc3[nH]c2=O)CCCC4)cc1. The van der Waals surface area contributed by atoms with Gasteiger partial charge in [0.2, 0.25) is 0 Å². The maximum atomic E-state index is 12.6. The highest BCUT2D eigenvalue weighted by Crippen LogP contribution is 2.40. The quantitative estimate of drug-likeness (QED) is 0.656. The zero-order chi connectivity index (χ0) is 17.6. The molecule has 3 N–H and O–H groups in total. The number of fused-ring (bicyclic) bond motifs is 3. The van der Waals surface area contributed by atoms with E-state index in [1.165, 1.54) is 16.2 Å². The standard InChI is InChI=1S/C19H18N2O3S/c1-10-6-8-11(9-7-10)20-17(23)15-16(22)14-12-4-2-3-5-13(12)25-19(14)21-18(15)24/h6-9H,2-5H2,1H3,(H,20,23)(H2,21,22,24). The number of hydrogen-bond donors (Lipinski definition) is 3. The van der Waals surface area contributed by atoms with Crippen molar-refractivity contribution in [2.24, 2.45) is 0 Å². The Bertz CT molecular complexity index is 1030. The highest BCUT2D eigenvalue weighted by Gasteiger charge is 2.25. The van der Waals surface area contributed by atoms with Crippen molar-refractivity contribution < 1.29 is 9.90 Å². The van der Waals surface area contributed by atoms with E-state index in [4.69, 9.17) is 0 Å². The Morgan fingerprint density at radius 1 is 1.20 bits per heavy atom. The molecule has 128 valence electrons. The van der Waals surface area contributed by atoms with Gasteiger partial charge in [-0.05, 0) is 50.3 Å². The van der Waals surface area contributed by atoms with Crippen LogP contribution in [0.5, 0.6) is 5.75 Å². The molecule has 0 spiro atoms. The molecule has 2 heterocycles. The number of pyridine rings is 1. The molecule has 1 amide bonds. The number of aromatic hydroxyl groups is 1. The van der Waals surface area contributed by atoms with Crippen LogP contribution < -0.4 is 10.9 Å². The Kier molecular flexibility index (Phi) is 3.84. The van der Waals surface area contributed by atoms with Gasteiger partial charge < -0.3 is 15.4 Å². The number of anilines is 1. The van der Waals surface area contributed by atoms with Crippen LogP contribution in [0.25, 0.3) is 10.2 Å². The molecule has 4 rings (SSSR count). The second-order valence-electron chi connectivity index (χ2n) is 6.41. The Morgan fingerprint density at radius 3 is 2.68 bits per heavy atom. The number of aromatic amines is 1. The monoisotopic (exact) mass is 354 g/mol. The van der Waals surface area contributed by atoms with Crippen LogP contribution in [0, 0.1) is 6.92 Å². The van der Waals surface area contributed by atoms with E-state index in [9.17, 15) is 14.7 Å². The van der Waals surface area contributed by atoms with Crippen molar-refractivity contribution in [1.29, 1.82) is 0 Å². The van der Waals surface area contributed by atoms with E-state index < -0.39 is 11.5 Å². The third-order valence-corrected chi connectivity index (χ3v) is 5.84. The third kappa shape index (κ3) is 2.72. The molecular formula is C19H18N2O3S. The Labute approximate surface area is 148 Å². The molecule has 25 heavy (non-hydrogen) atoms. The van der Waals surface area contributed by atoms with Gasteiger partial charge in [-0.15, -0.1) is 11.3 Å². The van der Waals surface area contributed by atoms with Gasteiger partial charge in [0.05, 0.1) is 5.39 Å². The minimum absolute atomic E-state index is 0.206. The maximum Gasteiger partial charge on any atom is 0.265 e. The van der Waals surface area contributed by atoms with E-state index >= 15 is 0 Å². The van der Waals surface area contributed by atoms with Crippen LogP contribution >= 0.6 is 11.3 Å². The number of carbonyl (C=O) groups is 1. The minimum atomic E-state index is -0.597. The molecule has 1 aliphatic carbocycles. The second-order valence-corrected chi connectivity index (χ2v) is 7.52. The predicted molar refractivity (Wildman–Crippen MR) is 99.9 cm³/mol. The summed E-state index contributed by atoms with van der Waals surface area (Å²) in [6.07, 6.45) is 4.00. The predicted octanol–water partition coefficient (Wildman–Crippen LogP) is 3.73. The molecule has 0 saturated carbocycles. The van der Waals surface area contributed by atoms with Crippen molar-refractivity contribution in [2.75, 3.05) is 5.32 Å². The summed E-state index contributed by atoms with van der Waals surface area (Å²) >= 11 is 1.51. The first-order chi connectivity index (χ1) is 12.0. The molecule has 0 saturated heterocycles. The van der Waals surface area contributed by atoms with Crippen molar-refractivity contribution in [1.82, 2.24) is 4.98 Å². The van der Waals surface area contributed by atoms with Gasteiger partial charge in [0.15, 0.2) is 0 Å². The lowest BCUT2D eigenvalue weighted by molar-refractivity contribution is 0.102. The number of aromatic nitrogens is 1. The second kappa shape index (κ2) is 6.04. The summed E-state index contributed by atoms with van der Waals surface area (Å²) in [5, 5.41) is 14.0. The molecule has 0 fully saturated rings. The Balaban J connectivity index is 1.79. The number of thiophene rings is 1. The lowest BCUT2D eigenvalue weighted by Crippen LogP contribution is -2.23. The first-order valence-electron chi connectivity index (χ1n) is 8.32. The number of hydrogen-bond acceptors (Lipinski definition) is 4. The topological polar surface area (TPSA) is 82.2 Å². The van der Waals surface area contributed by atoms with E-state index in [2.05, 4.69) is 10.3 Å². The molecule has 0 bridgehead atoms. The van der Waals surface area contributed by atoms with Gasteiger partial charge in [-0.1, -0.05) is 17.7 Å². The first kappa shape index (κ1) is 15.9. The smallest absolute Gasteiger partial charge is 0.265 e. The average molecular weight is 354 g/mol. The molecule has 0 unspecified atom stereocenters.